The van der Waals surface area contributed by atoms with E-state index in [9.17, 15) is 0 Å². The molecule has 0 saturated carbocycles. The lowest BCUT2D eigenvalue weighted by molar-refractivity contribution is 0.556. The molecule has 3 heterocycles. The monoisotopic (exact) mass is 305 g/mol. The van der Waals surface area contributed by atoms with Crippen LogP contribution in [0.1, 0.15) is 23.4 Å². The average molecular weight is 306 g/mol. The lowest BCUT2D eigenvalue weighted by Crippen LogP contribution is -2.22. The molecule has 1 atom stereocenters. The van der Waals surface area contributed by atoms with Gasteiger partial charge in [0, 0.05) is 29.1 Å². The van der Waals surface area contributed by atoms with E-state index in [1.807, 2.05) is 35.1 Å². The van der Waals surface area contributed by atoms with Gasteiger partial charge < -0.3 is 5.32 Å². The molecule has 0 radical (unpaired) electrons. The number of rotatable bonds is 5. The molecular formula is C15H16ClN3S. The molecule has 0 saturated heterocycles. The zero-order valence-electron chi connectivity index (χ0n) is 11.2. The van der Waals surface area contributed by atoms with Gasteiger partial charge in [-0.15, -0.1) is 11.3 Å². The van der Waals surface area contributed by atoms with E-state index in [2.05, 4.69) is 29.5 Å². The van der Waals surface area contributed by atoms with E-state index < -0.39 is 0 Å². The first kappa shape index (κ1) is 13.6. The van der Waals surface area contributed by atoms with Gasteiger partial charge in [-0.3, -0.25) is 0 Å². The average Bonchev–Trinajstić information content (AvgIpc) is 3.04. The number of nitrogens with zero attached hydrogens (tertiary/aromatic N) is 2. The Kier molecular flexibility index (Phi) is 4.05. The zero-order chi connectivity index (χ0) is 13.9. The highest BCUT2D eigenvalue weighted by Crippen LogP contribution is 2.28. The Labute approximate surface area is 127 Å². The van der Waals surface area contributed by atoms with Crippen molar-refractivity contribution in [2.45, 2.75) is 19.4 Å². The number of fused-ring (bicyclic) bond motifs is 1. The number of thiophene rings is 1. The van der Waals surface area contributed by atoms with Crippen molar-refractivity contribution in [3.05, 3.63) is 57.5 Å². The van der Waals surface area contributed by atoms with Crippen LogP contribution >= 0.6 is 22.9 Å². The van der Waals surface area contributed by atoms with Crippen molar-refractivity contribution in [2.24, 2.45) is 0 Å². The van der Waals surface area contributed by atoms with Gasteiger partial charge in [0.1, 0.15) is 0 Å². The van der Waals surface area contributed by atoms with Crippen molar-refractivity contribution in [3.8, 4) is 0 Å². The van der Waals surface area contributed by atoms with E-state index in [0.717, 1.165) is 22.8 Å². The van der Waals surface area contributed by atoms with Crippen molar-refractivity contribution in [1.29, 1.82) is 0 Å². The van der Waals surface area contributed by atoms with Crippen LogP contribution in [0.3, 0.4) is 0 Å². The van der Waals surface area contributed by atoms with Gasteiger partial charge in [0.15, 0.2) is 0 Å². The molecule has 3 rings (SSSR count). The van der Waals surface area contributed by atoms with E-state index in [1.54, 1.807) is 11.3 Å². The van der Waals surface area contributed by atoms with E-state index in [1.165, 1.54) is 10.4 Å². The summed E-state index contributed by atoms with van der Waals surface area (Å²) in [5.41, 5.74) is 2.39. The number of hydrogen-bond donors (Lipinski definition) is 1. The quantitative estimate of drug-likeness (QED) is 0.773. The molecule has 3 aromatic heterocycles. The van der Waals surface area contributed by atoms with Gasteiger partial charge in [0.2, 0.25) is 0 Å². The normalized spacial score (nSPS) is 12.9. The molecule has 0 aliphatic carbocycles. The molecule has 0 bridgehead atoms. The number of nitrogens with one attached hydrogen (secondary N) is 1. The number of halogens is 1. The molecule has 3 nitrogen and oxygen atoms in total. The largest absolute Gasteiger partial charge is 0.310 e. The van der Waals surface area contributed by atoms with Gasteiger partial charge in [-0.25, -0.2) is 4.52 Å². The number of pyridine rings is 1. The number of hydrogen-bond acceptors (Lipinski definition) is 3. The minimum absolute atomic E-state index is 0.259. The SMILES string of the molecule is CCNC(Cc1ccc(Cl)s1)c1cnn2ccccc12. The Bertz CT molecular complexity index is 704. The van der Waals surface area contributed by atoms with Crippen molar-refractivity contribution >= 4 is 28.5 Å². The summed E-state index contributed by atoms with van der Waals surface area (Å²) in [6.45, 7) is 3.05. The summed E-state index contributed by atoms with van der Waals surface area (Å²) in [6, 6.07) is 10.5. The summed E-state index contributed by atoms with van der Waals surface area (Å²) in [4.78, 5) is 1.29. The molecule has 5 heteroatoms. The standard InChI is InChI=1S/C15H16ClN3S/c1-2-17-13(9-11-6-7-15(16)20-11)12-10-18-19-8-4-3-5-14(12)19/h3-8,10,13,17H,2,9H2,1H3. The van der Waals surface area contributed by atoms with Gasteiger partial charge in [0.05, 0.1) is 16.0 Å². The van der Waals surface area contributed by atoms with E-state index in [-0.39, 0.29) is 6.04 Å². The molecule has 3 aromatic rings. The number of aromatic nitrogens is 2. The Morgan fingerprint density at radius 2 is 2.25 bits per heavy atom. The smallest absolute Gasteiger partial charge is 0.0931 e. The second-order valence-corrected chi connectivity index (χ2v) is 6.45. The van der Waals surface area contributed by atoms with Crippen LogP contribution in [-0.2, 0) is 6.42 Å². The van der Waals surface area contributed by atoms with Crippen molar-refractivity contribution in [1.82, 2.24) is 14.9 Å². The fourth-order valence-electron chi connectivity index (χ4n) is 2.42. The fraction of sp³-hybridized carbons (Fsp3) is 0.267. The third-order valence-electron chi connectivity index (χ3n) is 3.32. The molecule has 0 fully saturated rings. The highest BCUT2D eigenvalue weighted by Gasteiger charge is 2.16. The van der Waals surface area contributed by atoms with E-state index >= 15 is 0 Å². The molecule has 0 aliphatic rings. The topological polar surface area (TPSA) is 29.3 Å². The maximum Gasteiger partial charge on any atom is 0.0931 e. The van der Waals surface area contributed by atoms with Crippen LogP contribution < -0.4 is 5.32 Å². The predicted octanol–water partition coefficient (Wildman–Crippen LogP) is 3.94. The van der Waals surface area contributed by atoms with Crippen molar-refractivity contribution in [3.63, 3.8) is 0 Å². The van der Waals surface area contributed by atoms with Gasteiger partial charge in [0.25, 0.3) is 0 Å². The maximum atomic E-state index is 6.02. The van der Waals surface area contributed by atoms with Crippen molar-refractivity contribution in [2.75, 3.05) is 6.54 Å². The van der Waals surface area contributed by atoms with Crippen LogP contribution in [-0.4, -0.2) is 16.2 Å². The molecule has 20 heavy (non-hydrogen) atoms. The number of likely N-dealkylation sites (N-methyl/N-ethyl adjacent to an activating group) is 1. The Hall–Kier alpha value is -1.36. The second kappa shape index (κ2) is 5.95. The molecule has 0 aliphatic heterocycles. The Balaban J connectivity index is 1.93. The minimum Gasteiger partial charge on any atom is -0.310 e. The fourth-order valence-corrected chi connectivity index (χ4v) is 3.56. The highest BCUT2D eigenvalue weighted by atomic mass is 35.5. The molecule has 1 unspecified atom stereocenters. The predicted molar refractivity (Wildman–Crippen MR) is 84.6 cm³/mol. The lowest BCUT2D eigenvalue weighted by Gasteiger charge is -2.16. The highest BCUT2D eigenvalue weighted by molar-refractivity contribution is 7.16. The lowest BCUT2D eigenvalue weighted by atomic mass is 10.0. The molecule has 104 valence electrons. The molecule has 0 amide bonds. The summed E-state index contributed by atoms with van der Waals surface area (Å²) in [6.07, 6.45) is 4.86. The Morgan fingerprint density at radius 3 is 3.00 bits per heavy atom. The minimum atomic E-state index is 0.259. The third kappa shape index (κ3) is 2.73. The summed E-state index contributed by atoms with van der Waals surface area (Å²) in [7, 11) is 0. The van der Waals surface area contributed by atoms with Crippen LogP contribution in [0.5, 0.6) is 0 Å². The van der Waals surface area contributed by atoms with Gasteiger partial charge in [-0.2, -0.15) is 5.10 Å². The van der Waals surface area contributed by atoms with Gasteiger partial charge in [-0.05, 0) is 30.8 Å². The molecule has 1 N–H and O–H groups in total. The summed E-state index contributed by atoms with van der Waals surface area (Å²) < 4.78 is 2.76. The Morgan fingerprint density at radius 1 is 1.35 bits per heavy atom. The van der Waals surface area contributed by atoms with Crippen molar-refractivity contribution < 1.29 is 0 Å². The van der Waals surface area contributed by atoms with Crippen LogP contribution in [0.2, 0.25) is 4.34 Å². The molecule has 0 aromatic carbocycles. The maximum absolute atomic E-state index is 6.02. The van der Waals surface area contributed by atoms with Crippen LogP contribution in [0.25, 0.3) is 5.52 Å². The summed E-state index contributed by atoms with van der Waals surface area (Å²) in [5.74, 6) is 0. The van der Waals surface area contributed by atoms with Gasteiger partial charge in [-0.1, -0.05) is 24.6 Å². The van der Waals surface area contributed by atoms with Crippen LogP contribution in [0, 0.1) is 0 Å². The van der Waals surface area contributed by atoms with Crippen LogP contribution in [0.4, 0.5) is 0 Å². The van der Waals surface area contributed by atoms with E-state index in [4.69, 9.17) is 11.6 Å². The zero-order valence-corrected chi connectivity index (χ0v) is 12.8. The summed E-state index contributed by atoms with van der Waals surface area (Å²) >= 11 is 7.67. The molecular weight excluding hydrogens is 290 g/mol. The first-order valence-corrected chi connectivity index (χ1v) is 7.87. The first-order valence-electron chi connectivity index (χ1n) is 6.68. The van der Waals surface area contributed by atoms with Gasteiger partial charge >= 0.3 is 0 Å². The molecule has 0 spiro atoms. The second-order valence-electron chi connectivity index (χ2n) is 4.65. The van der Waals surface area contributed by atoms with Crippen LogP contribution in [0.15, 0.2) is 42.7 Å². The van der Waals surface area contributed by atoms with E-state index in [0.29, 0.717) is 0 Å². The first-order chi connectivity index (χ1) is 9.78. The third-order valence-corrected chi connectivity index (χ3v) is 4.57. The summed E-state index contributed by atoms with van der Waals surface area (Å²) in [5, 5.41) is 7.97.